The number of H-pyrrole nitrogens is 1. The monoisotopic (exact) mass is 327 g/mol. The van der Waals surface area contributed by atoms with Crippen LogP contribution in [0.5, 0.6) is 5.75 Å². The number of anilines is 1. The van der Waals surface area contributed by atoms with Gasteiger partial charge in [0.05, 0.1) is 24.5 Å². The number of carbonyl (C=O) groups excluding carboxylic acids is 1. The van der Waals surface area contributed by atoms with Gasteiger partial charge in [0.15, 0.2) is 11.6 Å². The molecule has 1 N–H and O–H groups in total. The molecule has 1 heterocycles. The van der Waals surface area contributed by atoms with Gasteiger partial charge in [-0.3, -0.25) is 4.79 Å². The number of aryl methyl sites for hydroxylation is 1. The summed E-state index contributed by atoms with van der Waals surface area (Å²) >= 11 is 0. The molecule has 5 nitrogen and oxygen atoms in total. The molecule has 0 radical (unpaired) electrons. The molecule has 3 rings (SSSR count). The minimum Gasteiger partial charge on any atom is -0.494 e. The van der Waals surface area contributed by atoms with Crippen molar-refractivity contribution in [2.24, 2.45) is 0 Å². The number of ether oxygens (including phenoxy) is 1. The first kappa shape index (κ1) is 16.0. The van der Waals surface area contributed by atoms with Gasteiger partial charge >= 0.3 is 0 Å². The lowest BCUT2D eigenvalue weighted by molar-refractivity contribution is 0.0993. The molecule has 24 heavy (non-hydrogen) atoms. The number of imidazole rings is 1. The lowest BCUT2D eigenvalue weighted by Crippen LogP contribution is -2.26. The first-order chi connectivity index (χ1) is 11.5. The van der Waals surface area contributed by atoms with E-state index in [1.807, 2.05) is 13.0 Å². The molecule has 6 heteroatoms. The fourth-order valence-electron chi connectivity index (χ4n) is 2.68. The molecule has 0 unspecified atom stereocenters. The molecule has 0 aliphatic heterocycles. The van der Waals surface area contributed by atoms with Gasteiger partial charge in [-0.25, -0.2) is 9.37 Å². The van der Waals surface area contributed by atoms with E-state index in [4.69, 9.17) is 4.74 Å². The van der Waals surface area contributed by atoms with Gasteiger partial charge in [0.1, 0.15) is 0 Å². The van der Waals surface area contributed by atoms with Gasteiger partial charge in [-0.15, -0.1) is 0 Å². The minimum absolute atomic E-state index is 0.102. The zero-order valence-electron chi connectivity index (χ0n) is 13.8. The summed E-state index contributed by atoms with van der Waals surface area (Å²) in [5, 5.41) is 0. The van der Waals surface area contributed by atoms with Crippen molar-refractivity contribution in [3.63, 3.8) is 0 Å². The van der Waals surface area contributed by atoms with E-state index >= 15 is 0 Å². The molecule has 0 spiro atoms. The average Bonchev–Trinajstić information content (AvgIpc) is 3.08. The van der Waals surface area contributed by atoms with E-state index in [-0.39, 0.29) is 11.7 Å². The second kappa shape index (κ2) is 6.31. The molecule has 124 valence electrons. The summed E-state index contributed by atoms with van der Waals surface area (Å²) in [6.07, 6.45) is 2.39. The number of amides is 1. The Labute approximate surface area is 139 Å². The van der Waals surface area contributed by atoms with Gasteiger partial charge in [0.25, 0.3) is 5.91 Å². The Hall–Kier alpha value is -2.89. The van der Waals surface area contributed by atoms with Crippen LogP contribution in [0.15, 0.2) is 36.7 Å². The third-order valence-corrected chi connectivity index (χ3v) is 4.06. The standard InChI is InChI=1S/C18H18FN3O2/c1-4-11-7-12(8-15-17(11)21-10-20-15)18(23)22(2)13-5-6-14(19)16(9-13)24-3/h5-10H,4H2,1-3H3,(H,20,21). The largest absolute Gasteiger partial charge is 0.494 e. The first-order valence-electron chi connectivity index (χ1n) is 7.62. The highest BCUT2D eigenvalue weighted by atomic mass is 19.1. The third kappa shape index (κ3) is 2.71. The van der Waals surface area contributed by atoms with E-state index in [0.29, 0.717) is 11.3 Å². The number of benzene rings is 2. The lowest BCUT2D eigenvalue weighted by Gasteiger charge is -2.19. The van der Waals surface area contributed by atoms with Crippen molar-refractivity contribution < 1.29 is 13.9 Å². The smallest absolute Gasteiger partial charge is 0.258 e. The summed E-state index contributed by atoms with van der Waals surface area (Å²) < 4.78 is 18.5. The zero-order valence-corrected chi connectivity index (χ0v) is 13.8. The maximum atomic E-state index is 13.6. The normalized spacial score (nSPS) is 10.8. The van der Waals surface area contributed by atoms with Crippen LogP contribution < -0.4 is 9.64 Å². The van der Waals surface area contributed by atoms with Crippen molar-refractivity contribution in [3.8, 4) is 5.75 Å². The number of nitrogens with one attached hydrogen (secondary N) is 1. The molecular weight excluding hydrogens is 309 g/mol. The molecule has 0 aliphatic carbocycles. The summed E-state index contributed by atoms with van der Waals surface area (Å²) in [4.78, 5) is 21.6. The minimum atomic E-state index is -0.464. The molecule has 0 atom stereocenters. The van der Waals surface area contributed by atoms with E-state index in [0.717, 1.165) is 23.0 Å². The van der Waals surface area contributed by atoms with Crippen molar-refractivity contribution >= 4 is 22.6 Å². The summed E-state index contributed by atoms with van der Waals surface area (Å²) in [6, 6.07) is 7.96. The lowest BCUT2D eigenvalue weighted by atomic mass is 10.1. The predicted molar refractivity (Wildman–Crippen MR) is 91.2 cm³/mol. The van der Waals surface area contributed by atoms with Crippen LogP contribution in [0.1, 0.15) is 22.8 Å². The number of carbonyl (C=O) groups is 1. The van der Waals surface area contributed by atoms with Crippen LogP contribution in [0.2, 0.25) is 0 Å². The van der Waals surface area contributed by atoms with Crippen LogP contribution in [0, 0.1) is 5.82 Å². The predicted octanol–water partition coefficient (Wildman–Crippen LogP) is 3.55. The Morgan fingerprint density at radius 3 is 2.83 bits per heavy atom. The summed E-state index contributed by atoms with van der Waals surface area (Å²) in [7, 11) is 3.04. The number of hydrogen-bond acceptors (Lipinski definition) is 3. The topological polar surface area (TPSA) is 58.2 Å². The Bertz CT molecular complexity index is 904. The molecule has 0 aliphatic rings. The number of nitrogens with zero attached hydrogens (tertiary/aromatic N) is 2. The highest BCUT2D eigenvalue weighted by molar-refractivity contribution is 6.07. The molecule has 3 aromatic rings. The fraction of sp³-hybridized carbons (Fsp3) is 0.222. The van der Waals surface area contributed by atoms with Crippen molar-refractivity contribution in [1.82, 2.24) is 9.97 Å². The van der Waals surface area contributed by atoms with Crippen molar-refractivity contribution in [1.29, 1.82) is 0 Å². The Balaban J connectivity index is 1.99. The van der Waals surface area contributed by atoms with E-state index in [2.05, 4.69) is 9.97 Å². The van der Waals surface area contributed by atoms with Crippen LogP contribution in [-0.4, -0.2) is 30.0 Å². The molecule has 0 fully saturated rings. The maximum Gasteiger partial charge on any atom is 0.258 e. The molecule has 0 bridgehead atoms. The Morgan fingerprint density at radius 1 is 1.33 bits per heavy atom. The van der Waals surface area contributed by atoms with Crippen molar-refractivity contribution in [2.45, 2.75) is 13.3 Å². The van der Waals surface area contributed by atoms with Crippen LogP contribution in [0.3, 0.4) is 0 Å². The SMILES string of the molecule is CCc1cc(C(=O)N(C)c2ccc(F)c(OC)c2)cc2[nH]cnc12. The van der Waals surface area contributed by atoms with Crippen molar-refractivity contribution in [2.75, 3.05) is 19.1 Å². The number of hydrogen-bond donors (Lipinski definition) is 1. The summed E-state index contributed by atoms with van der Waals surface area (Å²) in [5.41, 5.74) is 3.81. The average molecular weight is 327 g/mol. The Kier molecular flexibility index (Phi) is 4.20. The highest BCUT2D eigenvalue weighted by Crippen LogP contribution is 2.26. The second-order valence-electron chi connectivity index (χ2n) is 5.47. The number of aromatic amines is 1. The highest BCUT2D eigenvalue weighted by Gasteiger charge is 2.17. The summed E-state index contributed by atoms with van der Waals surface area (Å²) in [5.74, 6) is -0.547. The number of rotatable bonds is 4. The number of halogens is 1. The van der Waals surface area contributed by atoms with Gasteiger partial charge in [-0.05, 0) is 36.2 Å². The maximum absolute atomic E-state index is 13.6. The first-order valence-corrected chi connectivity index (χ1v) is 7.62. The fourth-order valence-corrected chi connectivity index (χ4v) is 2.68. The summed E-state index contributed by atoms with van der Waals surface area (Å²) in [6.45, 7) is 2.02. The molecule has 0 saturated carbocycles. The second-order valence-corrected chi connectivity index (χ2v) is 5.47. The van der Waals surface area contributed by atoms with Crippen LogP contribution in [-0.2, 0) is 6.42 Å². The van der Waals surface area contributed by atoms with Crippen molar-refractivity contribution in [3.05, 3.63) is 53.6 Å². The number of aromatic nitrogens is 2. The van der Waals surface area contributed by atoms with E-state index in [1.54, 1.807) is 25.5 Å². The van der Waals surface area contributed by atoms with Crippen LogP contribution >= 0.6 is 0 Å². The molecule has 0 saturated heterocycles. The van der Waals surface area contributed by atoms with E-state index in [1.165, 1.54) is 24.1 Å². The molecule has 1 amide bonds. The zero-order chi connectivity index (χ0) is 17.3. The number of fused-ring (bicyclic) bond motifs is 1. The molecule has 1 aromatic heterocycles. The quantitative estimate of drug-likeness (QED) is 0.797. The van der Waals surface area contributed by atoms with Gasteiger partial charge in [-0.2, -0.15) is 0 Å². The van der Waals surface area contributed by atoms with Gasteiger partial charge in [0.2, 0.25) is 0 Å². The van der Waals surface area contributed by atoms with Crippen LogP contribution in [0.4, 0.5) is 10.1 Å². The number of methoxy groups -OCH3 is 1. The van der Waals surface area contributed by atoms with E-state index in [9.17, 15) is 9.18 Å². The molecular formula is C18H18FN3O2. The molecule has 2 aromatic carbocycles. The third-order valence-electron chi connectivity index (χ3n) is 4.06. The van der Waals surface area contributed by atoms with Gasteiger partial charge in [0, 0.05) is 24.4 Å². The van der Waals surface area contributed by atoms with Crippen LogP contribution in [0.25, 0.3) is 11.0 Å². The van der Waals surface area contributed by atoms with Gasteiger partial charge in [-0.1, -0.05) is 6.92 Å². The van der Waals surface area contributed by atoms with Gasteiger partial charge < -0.3 is 14.6 Å². The Morgan fingerprint density at radius 2 is 2.12 bits per heavy atom. The van der Waals surface area contributed by atoms with E-state index < -0.39 is 5.82 Å².